The Bertz CT molecular complexity index is 743. The molecule has 1 aromatic rings. The van der Waals surface area contributed by atoms with Gasteiger partial charge in [0.05, 0.1) is 4.91 Å². The molecule has 2 rings (SSSR count). The molecule has 0 radical (unpaired) electrons. The maximum atomic E-state index is 12.4. The van der Waals surface area contributed by atoms with Crippen molar-refractivity contribution >= 4 is 21.7 Å². The Hall–Kier alpha value is -2.34. The van der Waals surface area contributed by atoms with Crippen LogP contribution in [0.5, 0.6) is 0 Å². The van der Waals surface area contributed by atoms with Crippen LogP contribution in [-0.4, -0.2) is 19.5 Å². The normalized spacial score (nSPS) is 18.2. The lowest BCUT2D eigenvalue weighted by Crippen LogP contribution is -2.18. The Morgan fingerprint density at radius 1 is 1.32 bits per heavy atom. The van der Waals surface area contributed by atoms with Crippen molar-refractivity contribution in [2.24, 2.45) is 5.92 Å². The highest BCUT2D eigenvalue weighted by molar-refractivity contribution is 7.96. The fourth-order valence-corrected chi connectivity index (χ4v) is 3.30. The molecule has 0 saturated carbocycles. The molecular weight excluding hydrogens is 302 g/mol. The van der Waals surface area contributed by atoms with Crippen molar-refractivity contribution in [3.05, 3.63) is 65.1 Å². The van der Waals surface area contributed by atoms with E-state index in [-0.39, 0.29) is 17.2 Å². The van der Waals surface area contributed by atoms with E-state index in [1.165, 1.54) is 12.2 Å². The van der Waals surface area contributed by atoms with Gasteiger partial charge in [0.1, 0.15) is 0 Å². The summed E-state index contributed by atoms with van der Waals surface area (Å²) in [7, 11) is -3.64. The van der Waals surface area contributed by atoms with Crippen LogP contribution in [0.1, 0.15) is 12.0 Å². The third-order valence-corrected chi connectivity index (χ3v) is 4.71. The summed E-state index contributed by atoms with van der Waals surface area (Å²) in [6.07, 6.45) is 7.67. The second-order valence-electron chi connectivity index (χ2n) is 5.05. The highest BCUT2D eigenvalue weighted by atomic mass is 32.2. The van der Waals surface area contributed by atoms with Crippen LogP contribution in [0.3, 0.4) is 0 Å². The van der Waals surface area contributed by atoms with Gasteiger partial charge in [0.25, 0.3) is 10.0 Å². The molecule has 0 amide bonds. The third-order valence-electron chi connectivity index (χ3n) is 3.21. The minimum absolute atomic E-state index is 0.232. The molecule has 22 heavy (non-hydrogen) atoms. The van der Waals surface area contributed by atoms with Crippen LogP contribution in [0.4, 0.5) is 5.69 Å². The summed E-state index contributed by atoms with van der Waals surface area (Å²) in [6.45, 7) is 1.92. The lowest BCUT2D eigenvalue weighted by molar-refractivity contribution is -0.131. The molecule has 0 heterocycles. The third kappa shape index (κ3) is 4.33. The molecule has 6 heteroatoms. The number of carboxylic acid groups (broad SMARTS) is 1. The molecule has 2 N–H and O–H groups in total. The number of carbonyl (C=O) groups is 1. The standard InChI is InChI=1S/C16H17NO4S/c1-12-5-8-14(9-6-12)17-22(20,21)15-4-2-3-13(11-15)7-10-16(18)19/h2-10,13,17H,11H2,1H3,(H,18,19)/b10-7+. The van der Waals surface area contributed by atoms with Gasteiger partial charge in [0, 0.05) is 17.7 Å². The maximum absolute atomic E-state index is 12.4. The summed E-state index contributed by atoms with van der Waals surface area (Å²) < 4.78 is 27.3. The predicted octanol–water partition coefficient (Wildman–Crippen LogP) is 2.84. The van der Waals surface area contributed by atoms with Gasteiger partial charge in [0.2, 0.25) is 0 Å². The molecule has 0 spiro atoms. The van der Waals surface area contributed by atoms with Crippen LogP contribution in [-0.2, 0) is 14.8 Å². The average molecular weight is 319 g/mol. The van der Waals surface area contributed by atoms with E-state index >= 15 is 0 Å². The van der Waals surface area contributed by atoms with Crippen molar-refractivity contribution in [2.75, 3.05) is 4.72 Å². The van der Waals surface area contributed by atoms with Crippen molar-refractivity contribution in [3.63, 3.8) is 0 Å². The van der Waals surface area contributed by atoms with E-state index in [2.05, 4.69) is 4.72 Å². The Morgan fingerprint density at radius 3 is 2.64 bits per heavy atom. The zero-order valence-electron chi connectivity index (χ0n) is 12.1. The minimum Gasteiger partial charge on any atom is -0.478 e. The van der Waals surface area contributed by atoms with Crippen LogP contribution < -0.4 is 4.72 Å². The highest BCUT2D eigenvalue weighted by Crippen LogP contribution is 2.25. The Balaban J connectivity index is 2.12. The van der Waals surface area contributed by atoms with Gasteiger partial charge in [-0.2, -0.15) is 0 Å². The maximum Gasteiger partial charge on any atom is 0.327 e. The molecule has 1 aliphatic carbocycles. The number of aryl methyl sites for hydroxylation is 1. The molecule has 0 saturated heterocycles. The topological polar surface area (TPSA) is 83.5 Å². The number of anilines is 1. The molecule has 116 valence electrons. The molecule has 0 aromatic heterocycles. The molecule has 0 aliphatic heterocycles. The fourth-order valence-electron chi connectivity index (χ4n) is 2.05. The van der Waals surface area contributed by atoms with Gasteiger partial charge in [-0.15, -0.1) is 0 Å². The molecular formula is C16H17NO4S. The SMILES string of the molecule is Cc1ccc(NS(=O)(=O)C2=CC=CC(/C=C/C(=O)O)C2)cc1. The second kappa shape index (κ2) is 6.62. The van der Waals surface area contributed by atoms with E-state index < -0.39 is 16.0 Å². The van der Waals surface area contributed by atoms with Gasteiger partial charge in [-0.05, 0) is 31.6 Å². The minimum atomic E-state index is -3.64. The smallest absolute Gasteiger partial charge is 0.327 e. The number of aliphatic carboxylic acids is 1. The van der Waals surface area contributed by atoms with Gasteiger partial charge in [-0.1, -0.05) is 35.9 Å². The number of hydrogen-bond acceptors (Lipinski definition) is 3. The number of sulfonamides is 1. The summed E-state index contributed by atoms with van der Waals surface area (Å²) in [6, 6.07) is 7.05. The van der Waals surface area contributed by atoms with Gasteiger partial charge < -0.3 is 5.11 Å². The molecule has 1 aromatic carbocycles. The van der Waals surface area contributed by atoms with Crippen molar-refractivity contribution < 1.29 is 18.3 Å². The monoisotopic (exact) mass is 319 g/mol. The van der Waals surface area contributed by atoms with Crippen LogP contribution >= 0.6 is 0 Å². The Kier molecular flexibility index (Phi) is 4.82. The summed E-state index contributed by atoms with van der Waals surface area (Å²) in [5.74, 6) is -1.30. The summed E-state index contributed by atoms with van der Waals surface area (Å²) in [5.41, 5.74) is 1.54. The van der Waals surface area contributed by atoms with Crippen LogP contribution in [0.25, 0.3) is 0 Å². The van der Waals surface area contributed by atoms with Crippen molar-refractivity contribution in [1.82, 2.24) is 0 Å². The van der Waals surface area contributed by atoms with Crippen molar-refractivity contribution in [3.8, 4) is 0 Å². The van der Waals surface area contributed by atoms with Gasteiger partial charge in [0.15, 0.2) is 0 Å². The molecule has 1 atom stereocenters. The second-order valence-corrected chi connectivity index (χ2v) is 6.79. The van der Waals surface area contributed by atoms with E-state index in [1.54, 1.807) is 24.3 Å². The molecule has 1 unspecified atom stereocenters. The summed E-state index contributed by atoms with van der Waals surface area (Å²) in [4.78, 5) is 10.8. The van der Waals surface area contributed by atoms with Crippen LogP contribution in [0, 0.1) is 12.8 Å². The highest BCUT2D eigenvalue weighted by Gasteiger charge is 2.21. The van der Waals surface area contributed by atoms with Crippen molar-refractivity contribution in [2.45, 2.75) is 13.3 Å². The number of rotatable bonds is 5. The number of nitrogens with one attached hydrogen (secondary N) is 1. The molecule has 5 nitrogen and oxygen atoms in total. The van der Waals surface area contributed by atoms with Crippen LogP contribution in [0.15, 0.2) is 59.6 Å². The lowest BCUT2D eigenvalue weighted by Gasteiger charge is -2.17. The fraction of sp³-hybridized carbons (Fsp3) is 0.188. The first kappa shape index (κ1) is 16.0. The first-order valence-corrected chi connectivity index (χ1v) is 8.23. The Morgan fingerprint density at radius 2 is 2.00 bits per heavy atom. The van der Waals surface area contributed by atoms with Gasteiger partial charge >= 0.3 is 5.97 Å². The zero-order chi connectivity index (χ0) is 16.2. The number of allylic oxidation sites excluding steroid dienone is 5. The number of hydrogen-bond donors (Lipinski definition) is 2. The van der Waals surface area contributed by atoms with E-state index in [9.17, 15) is 13.2 Å². The van der Waals surface area contributed by atoms with Crippen LogP contribution in [0.2, 0.25) is 0 Å². The number of benzene rings is 1. The first-order valence-electron chi connectivity index (χ1n) is 6.75. The summed E-state index contributed by atoms with van der Waals surface area (Å²) in [5, 5.41) is 8.63. The zero-order valence-corrected chi connectivity index (χ0v) is 12.9. The first-order chi connectivity index (χ1) is 10.4. The van der Waals surface area contributed by atoms with Gasteiger partial charge in [-0.3, -0.25) is 4.72 Å². The van der Waals surface area contributed by atoms with E-state index in [0.717, 1.165) is 11.6 Å². The van der Waals surface area contributed by atoms with Gasteiger partial charge in [-0.25, -0.2) is 13.2 Å². The summed E-state index contributed by atoms with van der Waals surface area (Å²) >= 11 is 0. The largest absolute Gasteiger partial charge is 0.478 e. The predicted molar refractivity (Wildman–Crippen MR) is 85.8 cm³/mol. The van der Waals surface area contributed by atoms with E-state index in [4.69, 9.17) is 5.11 Å². The average Bonchev–Trinajstić information content (AvgIpc) is 2.48. The number of carboxylic acids is 1. The molecule has 0 bridgehead atoms. The molecule has 1 aliphatic rings. The van der Waals surface area contributed by atoms with Crippen molar-refractivity contribution in [1.29, 1.82) is 0 Å². The quantitative estimate of drug-likeness (QED) is 0.817. The van der Waals surface area contributed by atoms with E-state index in [0.29, 0.717) is 5.69 Å². The molecule has 0 fully saturated rings. The van der Waals surface area contributed by atoms with E-state index in [1.807, 2.05) is 19.1 Å². The lowest BCUT2D eigenvalue weighted by atomic mass is 10.0. The Labute approximate surface area is 129 Å².